The van der Waals surface area contributed by atoms with Crippen LogP contribution in [0.25, 0.3) is 0 Å². The van der Waals surface area contributed by atoms with Crippen molar-refractivity contribution in [3.8, 4) is 0 Å². The third-order valence-corrected chi connectivity index (χ3v) is 4.49. The topological polar surface area (TPSA) is 12.0 Å². The van der Waals surface area contributed by atoms with Crippen LogP contribution in [0.4, 0.5) is 4.39 Å². The summed E-state index contributed by atoms with van der Waals surface area (Å²) in [5.74, 6) is 2.64. The lowest BCUT2D eigenvalue weighted by Gasteiger charge is -2.21. The Bertz CT molecular complexity index is 381. The largest absolute Gasteiger partial charge is 0.309 e. The second-order valence-corrected chi connectivity index (χ2v) is 6.59. The first-order valence-electron chi connectivity index (χ1n) is 7.03. The van der Waals surface area contributed by atoms with Crippen LogP contribution in [-0.2, 0) is 0 Å². The van der Waals surface area contributed by atoms with Gasteiger partial charge < -0.3 is 5.32 Å². The Balaban J connectivity index is 2.86. The average molecular weight is 283 g/mol. The third-order valence-electron chi connectivity index (χ3n) is 3.02. The lowest BCUT2D eigenvalue weighted by Crippen LogP contribution is -2.25. The van der Waals surface area contributed by atoms with Crippen LogP contribution in [0.5, 0.6) is 0 Å². The van der Waals surface area contributed by atoms with E-state index in [2.05, 4.69) is 32.2 Å². The van der Waals surface area contributed by atoms with Gasteiger partial charge in [0.05, 0.1) is 0 Å². The summed E-state index contributed by atoms with van der Waals surface area (Å²) in [5, 5.41) is 3.41. The first-order valence-corrected chi connectivity index (χ1v) is 8.18. The maximum Gasteiger partial charge on any atom is 0.128 e. The molecule has 1 nitrogen and oxygen atoms in total. The van der Waals surface area contributed by atoms with Crippen molar-refractivity contribution >= 4 is 11.8 Å². The van der Waals surface area contributed by atoms with Crippen LogP contribution < -0.4 is 5.32 Å². The fourth-order valence-corrected chi connectivity index (χ4v) is 3.41. The van der Waals surface area contributed by atoms with Gasteiger partial charge in [-0.15, -0.1) is 0 Å². The molecule has 0 radical (unpaired) electrons. The highest BCUT2D eigenvalue weighted by Crippen LogP contribution is 2.26. The maximum absolute atomic E-state index is 14.2. The molecule has 0 saturated heterocycles. The summed E-state index contributed by atoms with van der Waals surface area (Å²) in [6.45, 7) is 11.3. The quantitative estimate of drug-likeness (QED) is 0.791. The van der Waals surface area contributed by atoms with E-state index >= 15 is 0 Å². The Morgan fingerprint density at radius 2 is 1.89 bits per heavy atom. The molecule has 1 N–H and O–H groups in total. The normalized spacial score (nSPS) is 13.0. The highest BCUT2D eigenvalue weighted by Gasteiger charge is 2.18. The van der Waals surface area contributed by atoms with Gasteiger partial charge in [-0.2, -0.15) is 11.8 Å². The third kappa shape index (κ3) is 5.15. The molecule has 0 heterocycles. The van der Waals surface area contributed by atoms with E-state index in [1.807, 2.05) is 25.6 Å². The number of benzene rings is 1. The van der Waals surface area contributed by atoms with E-state index in [0.29, 0.717) is 5.92 Å². The lowest BCUT2D eigenvalue weighted by molar-refractivity contribution is 0.541. The van der Waals surface area contributed by atoms with E-state index < -0.39 is 0 Å². The summed E-state index contributed by atoms with van der Waals surface area (Å²) in [6, 6.07) is 3.81. The van der Waals surface area contributed by atoms with Crippen LogP contribution in [0.1, 0.15) is 43.5 Å². The Kier molecular flexibility index (Phi) is 6.87. The molecule has 3 heteroatoms. The van der Waals surface area contributed by atoms with Crippen LogP contribution in [0.15, 0.2) is 12.1 Å². The first-order chi connectivity index (χ1) is 8.95. The van der Waals surface area contributed by atoms with Crippen molar-refractivity contribution in [3.63, 3.8) is 0 Å². The van der Waals surface area contributed by atoms with Crippen molar-refractivity contribution < 1.29 is 4.39 Å². The highest BCUT2D eigenvalue weighted by atomic mass is 32.2. The molecule has 1 atom stereocenters. The SMILES string of the molecule is CCNC(CSCC(C)C)c1c(C)cc(C)cc1F. The van der Waals surface area contributed by atoms with Gasteiger partial charge in [-0.25, -0.2) is 4.39 Å². The van der Waals surface area contributed by atoms with Crippen molar-refractivity contribution in [3.05, 3.63) is 34.6 Å². The van der Waals surface area contributed by atoms with Gasteiger partial charge in [0.1, 0.15) is 5.82 Å². The number of nitrogens with one attached hydrogen (secondary N) is 1. The van der Waals surface area contributed by atoms with Crippen LogP contribution in [0.2, 0.25) is 0 Å². The zero-order valence-electron chi connectivity index (χ0n) is 12.7. The Morgan fingerprint density at radius 1 is 1.21 bits per heavy atom. The van der Waals surface area contributed by atoms with Gasteiger partial charge in [-0.05, 0) is 49.3 Å². The van der Waals surface area contributed by atoms with Crippen LogP contribution in [-0.4, -0.2) is 18.1 Å². The molecule has 1 unspecified atom stereocenters. The number of halogens is 1. The molecule has 1 rings (SSSR count). The van der Waals surface area contributed by atoms with Crippen molar-refractivity contribution in [2.75, 3.05) is 18.1 Å². The highest BCUT2D eigenvalue weighted by molar-refractivity contribution is 7.99. The predicted octanol–water partition coefficient (Wildman–Crippen LogP) is 4.48. The minimum Gasteiger partial charge on any atom is -0.309 e. The molecule has 0 aliphatic carbocycles. The summed E-state index contributed by atoms with van der Waals surface area (Å²) in [5.41, 5.74) is 2.88. The van der Waals surface area contributed by atoms with Gasteiger partial charge in [0.25, 0.3) is 0 Å². The standard InChI is InChI=1S/C16H26FNS/c1-6-18-15(10-19-9-11(2)3)16-13(5)7-12(4)8-14(16)17/h7-8,11,15,18H,6,9-10H2,1-5H3. The Labute approximate surface area is 121 Å². The van der Waals surface area contributed by atoms with Gasteiger partial charge in [-0.3, -0.25) is 0 Å². The van der Waals surface area contributed by atoms with Gasteiger partial charge in [0, 0.05) is 17.4 Å². The molecule has 0 amide bonds. The molecule has 1 aromatic rings. The van der Waals surface area contributed by atoms with E-state index in [1.54, 1.807) is 6.07 Å². The summed E-state index contributed by atoms with van der Waals surface area (Å²) in [6.07, 6.45) is 0. The fourth-order valence-electron chi connectivity index (χ4n) is 2.28. The van der Waals surface area contributed by atoms with E-state index in [0.717, 1.165) is 34.7 Å². The van der Waals surface area contributed by atoms with Crippen LogP contribution in [0, 0.1) is 25.6 Å². The molecule has 0 bridgehead atoms. The molecule has 0 saturated carbocycles. The van der Waals surface area contributed by atoms with E-state index in [1.165, 1.54) is 0 Å². The zero-order valence-corrected chi connectivity index (χ0v) is 13.5. The second-order valence-electron chi connectivity index (χ2n) is 5.52. The first kappa shape index (κ1) is 16.5. The summed E-state index contributed by atoms with van der Waals surface area (Å²) in [7, 11) is 0. The van der Waals surface area contributed by atoms with E-state index in [-0.39, 0.29) is 11.9 Å². The Morgan fingerprint density at radius 3 is 2.42 bits per heavy atom. The average Bonchev–Trinajstić information content (AvgIpc) is 2.26. The van der Waals surface area contributed by atoms with Crippen LogP contribution in [0.3, 0.4) is 0 Å². The number of thioether (sulfide) groups is 1. The second kappa shape index (κ2) is 7.91. The van der Waals surface area contributed by atoms with E-state index in [4.69, 9.17) is 0 Å². The monoisotopic (exact) mass is 283 g/mol. The lowest BCUT2D eigenvalue weighted by atomic mass is 9.99. The fraction of sp³-hybridized carbons (Fsp3) is 0.625. The molecule has 0 aliphatic rings. The minimum absolute atomic E-state index is 0.0754. The van der Waals surface area contributed by atoms with E-state index in [9.17, 15) is 4.39 Å². The van der Waals surface area contributed by atoms with Crippen molar-refractivity contribution in [1.82, 2.24) is 5.32 Å². The predicted molar refractivity (Wildman–Crippen MR) is 84.5 cm³/mol. The number of aryl methyl sites for hydroxylation is 2. The van der Waals surface area contributed by atoms with Gasteiger partial charge in [0.15, 0.2) is 0 Å². The molecule has 1 aromatic carbocycles. The molecule has 0 fully saturated rings. The smallest absolute Gasteiger partial charge is 0.128 e. The van der Waals surface area contributed by atoms with Gasteiger partial charge >= 0.3 is 0 Å². The zero-order chi connectivity index (χ0) is 14.4. The molecule has 19 heavy (non-hydrogen) atoms. The van der Waals surface area contributed by atoms with Crippen molar-refractivity contribution in [2.45, 2.75) is 40.7 Å². The van der Waals surface area contributed by atoms with Gasteiger partial charge in [0.2, 0.25) is 0 Å². The van der Waals surface area contributed by atoms with Crippen LogP contribution >= 0.6 is 11.8 Å². The number of hydrogen-bond donors (Lipinski definition) is 1. The molecule has 0 spiro atoms. The molecular weight excluding hydrogens is 257 g/mol. The van der Waals surface area contributed by atoms with Crippen molar-refractivity contribution in [2.24, 2.45) is 5.92 Å². The molecule has 0 aromatic heterocycles. The van der Waals surface area contributed by atoms with Gasteiger partial charge in [-0.1, -0.05) is 26.8 Å². The summed E-state index contributed by atoms with van der Waals surface area (Å²) in [4.78, 5) is 0. The van der Waals surface area contributed by atoms with Crippen molar-refractivity contribution in [1.29, 1.82) is 0 Å². The maximum atomic E-state index is 14.2. The summed E-state index contributed by atoms with van der Waals surface area (Å²) >= 11 is 1.90. The molecule has 108 valence electrons. The molecule has 0 aliphatic heterocycles. The number of hydrogen-bond acceptors (Lipinski definition) is 2. The Hall–Kier alpha value is -0.540. The number of rotatable bonds is 7. The minimum atomic E-state index is -0.0754. The summed E-state index contributed by atoms with van der Waals surface area (Å²) < 4.78 is 14.2. The molecular formula is C16H26FNS.